The minimum Gasteiger partial charge on any atom is -0.327 e. The Labute approximate surface area is 85.1 Å². The molecule has 2 heteroatoms. The fraction of sp³-hybridized carbons (Fsp3) is 0.500. The molecule has 2 N–H and O–H groups in total. The summed E-state index contributed by atoms with van der Waals surface area (Å²) in [5.74, 6) is 0.312. The number of halogens is 1. The van der Waals surface area contributed by atoms with Crippen molar-refractivity contribution in [3.05, 3.63) is 35.1 Å². The Bertz CT molecular complexity index is 307. The second-order valence-corrected chi connectivity index (χ2v) is 4.20. The van der Waals surface area contributed by atoms with Crippen LogP contribution in [0.4, 0.5) is 4.39 Å². The minimum absolute atomic E-state index is 0.146. The van der Waals surface area contributed by atoms with Gasteiger partial charge < -0.3 is 5.73 Å². The van der Waals surface area contributed by atoms with Crippen molar-refractivity contribution in [3.63, 3.8) is 0 Å². The van der Waals surface area contributed by atoms with Crippen molar-refractivity contribution in [2.75, 3.05) is 0 Å². The average molecular weight is 195 g/mol. The average Bonchev–Trinajstić information content (AvgIpc) is 2.11. The van der Waals surface area contributed by atoms with Gasteiger partial charge in [-0.3, -0.25) is 0 Å². The van der Waals surface area contributed by atoms with Crippen molar-refractivity contribution in [2.24, 2.45) is 11.7 Å². The first-order valence-corrected chi connectivity index (χ1v) is 5.01. The number of benzene rings is 1. The lowest BCUT2D eigenvalue weighted by Gasteiger charge is -2.15. The van der Waals surface area contributed by atoms with Gasteiger partial charge in [-0.2, -0.15) is 0 Å². The van der Waals surface area contributed by atoms with Crippen LogP contribution < -0.4 is 5.73 Å². The lowest BCUT2D eigenvalue weighted by atomic mass is 9.96. The van der Waals surface area contributed by atoms with Crippen molar-refractivity contribution in [2.45, 2.75) is 33.2 Å². The van der Waals surface area contributed by atoms with E-state index in [2.05, 4.69) is 13.8 Å². The Kier molecular flexibility index (Phi) is 3.64. The van der Waals surface area contributed by atoms with Gasteiger partial charge in [0.2, 0.25) is 0 Å². The predicted octanol–water partition coefficient (Wildman–Crippen LogP) is 2.66. The molecule has 0 saturated carbocycles. The number of rotatable bonds is 3. The SMILES string of the molecule is Cc1cc(CC(N)C(C)C)ccc1F. The molecule has 0 aromatic heterocycles. The molecule has 14 heavy (non-hydrogen) atoms. The van der Waals surface area contributed by atoms with Crippen molar-refractivity contribution in [1.29, 1.82) is 0 Å². The Morgan fingerprint density at radius 3 is 2.50 bits per heavy atom. The Hall–Kier alpha value is -0.890. The lowest BCUT2D eigenvalue weighted by molar-refractivity contribution is 0.490. The van der Waals surface area contributed by atoms with Crippen molar-refractivity contribution in [3.8, 4) is 0 Å². The molecule has 1 nitrogen and oxygen atoms in total. The van der Waals surface area contributed by atoms with Crippen LogP contribution in [0.15, 0.2) is 18.2 Å². The summed E-state index contributed by atoms with van der Waals surface area (Å²) in [7, 11) is 0. The second-order valence-electron chi connectivity index (χ2n) is 4.20. The van der Waals surface area contributed by atoms with Gasteiger partial charge in [0.25, 0.3) is 0 Å². The van der Waals surface area contributed by atoms with Gasteiger partial charge in [-0.15, -0.1) is 0 Å². The van der Waals surface area contributed by atoms with Crippen molar-refractivity contribution >= 4 is 0 Å². The first-order valence-electron chi connectivity index (χ1n) is 5.01. The minimum atomic E-state index is -0.146. The maximum Gasteiger partial charge on any atom is 0.126 e. The summed E-state index contributed by atoms with van der Waals surface area (Å²) in [6.45, 7) is 5.97. The number of nitrogens with two attached hydrogens (primary N) is 1. The van der Waals surface area contributed by atoms with E-state index in [0.717, 1.165) is 12.0 Å². The zero-order valence-electron chi connectivity index (χ0n) is 9.05. The van der Waals surface area contributed by atoms with Gasteiger partial charge in [-0.1, -0.05) is 26.0 Å². The van der Waals surface area contributed by atoms with Gasteiger partial charge in [0, 0.05) is 6.04 Å². The van der Waals surface area contributed by atoms with Gasteiger partial charge in [0.1, 0.15) is 5.82 Å². The van der Waals surface area contributed by atoms with E-state index in [-0.39, 0.29) is 11.9 Å². The molecule has 0 spiro atoms. The summed E-state index contributed by atoms with van der Waals surface area (Å²) < 4.78 is 13.0. The van der Waals surface area contributed by atoms with Crippen LogP contribution in [0.25, 0.3) is 0 Å². The van der Waals surface area contributed by atoms with E-state index in [0.29, 0.717) is 11.5 Å². The monoisotopic (exact) mass is 195 g/mol. The molecule has 1 rings (SSSR count). The molecule has 0 aliphatic carbocycles. The van der Waals surface area contributed by atoms with Gasteiger partial charge in [0.05, 0.1) is 0 Å². The lowest BCUT2D eigenvalue weighted by Crippen LogP contribution is -2.28. The molecule has 0 saturated heterocycles. The predicted molar refractivity (Wildman–Crippen MR) is 57.7 cm³/mol. The summed E-state index contributed by atoms with van der Waals surface area (Å²) in [6, 6.07) is 5.35. The smallest absolute Gasteiger partial charge is 0.126 e. The highest BCUT2D eigenvalue weighted by atomic mass is 19.1. The highest BCUT2D eigenvalue weighted by molar-refractivity contribution is 5.24. The van der Waals surface area contributed by atoms with Crippen LogP contribution in [0, 0.1) is 18.7 Å². The Balaban J connectivity index is 2.73. The fourth-order valence-corrected chi connectivity index (χ4v) is 1.34. The van der Waals surface area contributed by atoms with E-state index in [1.165, 1.54) is 6.07 Å². The first kappa shape index (κ1) is 11.2. The summed E-state index contributed by atoms with van der Waals surface area (Å²) in [5, 5.41) is 0. The summed E-state index contributed by atoms with van der Waals surface area (Å²) in [4.78, 5) is 0. The maximum absolute atomic E-state index is 13.0. The molecule has 1 unspecified atom stereocenters. The van der Waals surface area contributed by atoms with E-state index in [4.69, 9.17) is 5.73 Å². The third kappa shape index (κ3) is 2.81. The third-order valence-electron chi connectivity index (χ3n) is 2.55. The van der Waals surface area contributed by atoms with E-state index >= 15 is 0 Å². The standard InChI is InChI=1S/C12H18FN/c1-8(2)12(14)7-10-4-5-11(13)9(3)6-10/h4-6,8,12H,7,14H2,1-3H3. The van der Waals surface area contributed by atoms with Gasteiger partial charge in [-0.25, -0.2) is 4.39 Å². The zero-order chi connectivity index (χ0) is 10.7. The van der Waals surface area contributed by atoms with Gasteiger partial charge in [0.15, 0.2) is 0 Å². The van der Waals surface area contributed by atoms with E-state index in [1.807, 2.05) is 12.1 Å². The molecular formula is C12H18FN. The highest BCUT2D eigenvalue weighted by Gasteiger charge is 2.09. The van der Waals surface area contributed by atoms with Crippen LogP contribution >= 0.6 is 0 Å². The number of aryl methyl sites for hydroxylation is 1. The molecule has 0 heterocycles. The highest BCUT2D eigenvalue weighted by Crippen LogP contribution is 2.12. The molecule has 0 aliphatic heterocycles. The summed E-state index contributed by atoms with van der Waals surface area (Å²) in [6.07, 6.45) is 0.818. The van der Waals surface area contributed by atoms with Gasteiger partial charge in [-0.05, 0) is 36.5 Å². The molecule has 1 aromatic rings. The maximum atomic E-state index is 13.0. The number of hydrogen-bond donors (Lipinski definition) is 1. The molecule has 0 radical (unpaired) electrons. The van der Waals surface area contributed by atoms with Gasteiger partial charge >= 0.3 is 0 Å². The van der Waals surface area contributed by atoms with Crippen LogP contribution in [0.1, 0.15) is 25.0 Å². The normalized spacial score (nSPS) is 13.3. The first-order chi connectivity index (χ1) is 6.50. The molecule has 1 aromatic carbocycles. The molecule has 0 amide bonds. The van der Waals surface area contributed by atoms with Crippen molar-refractivity contribution < 1.29 is 4.39 Å². The third-order valence-corrected chi connectivity index (χ3v) is 2.55. The topological polar surface area (TPSA) is 26.0 Å². The Morgan fingerprint density at radius 1 is 1.36 bits per heavy atom. The quantitative estimate of drug-likeness (QED) is 0.788. The van der Waals surface area contributed by atoms with E-state index < -0.39 is 0 Å². The largest absolute Gasteiger partial charge is 0.327 e. The molecule has 0 fully saturated rings. The van der Waals surface area contributed by atoms with Crippen LogP contribution in [0.2, 0.25) is 0 Å². The van der Waals surface area contributed by atoms with E-state index in [9.17, 15) is 4.39 Å². The van der Waals surface area contributed by atoms with Crippen molar-refractivity contribution in [1.82, 2.24) is 0 Å². The Morgan fingerprint density at radius 2 is 2.00 bits per heavy atom. The summed E-state index contributed by atoms with van der Waals surface area (Å²) in [5.41, 5.74) is 7.75. The second kappa shape index (κ2) is 4.56. The molecule has 0 aliphatic rings. The van der Waals surface area contributed by atoms with Crippen LogP contribution in [-0.4, -0.2) is 6.04 Å². The number of hydrogen-bond acceptors (Lipinski definition) is 1. The molecule has 78 valence electrons. The molecular weight excluding hydrogens is 177 g/mol. The van der Waals surface area contributed by atoms with Crippen LogP contribution in [0.3, 0.4) is 0 Å². The van der Waals surface area contributed by atoms with Crippen LogP contribution in [0.5, 0.6) is 0 Å². The summed E-state index contributed by atoms with van der Waals surface area (Å²) >= 11 is 0. The molecule has 0 bridgehead atoms. The van der Waals surface area contributed by atoms with E-state index in [1.54, 1.807) is 6.92 Å². The van der Waals surface area contributed by atoms with Crippen LogP contribution in [-0.2, 0) is 6.42 Å². The molecule has 1 atom stereocenters. The fourth-order valence-electron chi connectivity index (χ4n) is 1.34. The zero-order valence-corrected chi connectivity index (χ0v) is 9.05.